The Labute approximate surface area is 664 Å². The fourth-order valence-electron chi connectivity index (χ4n) is 13.9. The van der Waals surface area contributed by atoms with Gasteiger partial charge in [0, 0.05) is 25.7 Å². The molecule has 0 aromatic rings. The number of ether oxygens (including phenoxy) is 4. The molecule has 0 spiro atoms. The lowest BCUT2D eigenvalue weighted by molar-refractivity contribution is -0.161. The van der Waals surface area contributed by atoms with Crippen molar-refractivity contribution in [1.82, 2.24) is 0 Å². The molecule has 0 rings (SSSR count). The molecule has 0 aromatic carbocycles. The summed E-state index contributed by atoms with van der Waals surface area (Å²) in [5.74, 6) is 0.337. The highest BCUT2D eigenvalue weighted by Gasteiger charge is 2.31. The zero-order valence-corrected chi connectivity index (χ0v) is 73.1. The third-order valence-electron chi connectivity index (χ3n) is 20.9. The number of aliphatic hydroxyl groups is 1. The lowest BCUT2D eigenvalue weighted by Gasteiger charge is -2.21. The molecule has 642 valence electrons. The molecule has 0 aliphatic rings. The highest BCUT2D eigenvalue weighted by atomic mass is 31.2. The zero-order chi connectivity index (χ0) is 79.3. The summed E-state index contributed by atoms with van der Waals surface area (Å²) in [6, 6.07) is 0. The van der Waals surface area contributed by atoms with Crippen LogP contribution < -0.4 is 0 Å². The molecule has 0 fully saturated rings. The summed E-state index contributed by atoms with van der Waals surface area (Å²) >= 11 is 0. The number of phosphoric acid groups is 2. The number of aliphatic hydroxyl groups excluding tert-OH is 1. The normalized spacial score (nSPS) is 13.8. The van der Waals surface area contributed by atoms with Crippen LogP contribution in [0.1, 0.15) is 472 Å². The van der Waals surface area contributed by atoms with E-state index in [2.05, 4.69) is 48.5 Å². The SMILES string of the molecule is CCCCCCCCCCCC(=O)OC[C@H](COP(=O)(O)OC[C@H](O)COP(=O)(O)OC[C@@H](COC(=O)CCCCCCCCCCCCCCCCCCCCC(C)C)OC(=O)CCCCCCCCCCCCCCCCCCCCC(C)C)OC(=O)CCCCCCCCCCCCCCCCC(C)C. The third-order valence-corrected chi connectivity index (χ3v) is 22.8. The molecule has 3 N–H and O–H groups in total. The number of rotatable bonds is 87. The molecule has 5 atom stereocenters. The van der Waals surface area contributed by atoms with Crippen molar-refractivity contribution in [3.8, 4) is 0 Å². The van der Waals surface area contributed by atoms with Gasteiger partial charge in [0.2, 0.25) is 0 Å². The minimum Gasteiger partial charge on any atom is -0.462 e. The first-order chi connectivity index (χ1) is 52.2. The molecule has 2 unspecified atom stereocenters. The fraction of sp³-hybridized carbons (Fsp3) is 0.955. The van der Waals surface area contributed by atoms with Crippen molar-refractivity contribution >= 4 is 39.5 Å². The number of hydrogen-bond acceptors (Lipinski definition) is 15. The molecule has 0 aliphatic heterocycles. The quantitative estimate of drug-likeness (QED) is 0.0222. The van der Waals surface area contributed by atoms with Crippen LogP contribution in [0.5, 0.6) is 0 Å². The number of phosphoric ester groups is 2. The minimum absolute atomic E-state index is 0.108. The second-order valence-corrected chi connectivity index (χ2v) is 36.3. The lowest BCUT2D eigenvalue weighted by Crippen LogP contribution is -2.30. The molecule has 0 aliphatic carbocycles. The van der Waals surface area contributed by atoms with E-state index >= 15 is 0 Å². The lowest BCUT2D eigenvalue weighted by atomic mass is 10.0. The van der Waals surface area contributed by atoms with Crippen molar-refractivity contribution in [2.75, 3.05) is 39.6 Å². The predicted molar refractivity (Wildman–Crippen MR) is 446 cm³/mol. The average Bonchev–Trinajstić information content (AvgIpc) is 0.895. The summed E-state index contributed by atoms with van der Waals surface area (Å²) in [7, 11) is -9.93. The van der Waals surface area contributed by atoms with E-state index in [1.165, 1.54) is 283 Å². The zero-order valence-electron chi connectivity index (χ0n) is 71.3. The Morgan fingerprint density at radius 3 is 0.630 bits per heavy atom. The molecule has 0 radical (unpaired) electrons. The average molecular weight is 1580 g/mol. The number of hydrogen-bond donors (Lipinski definition) is 3. The highest BCUT2D eigenvalue weighted by molar-refractivity contribution is 7.47. The van der Waals surface area contributed by atoms with Crippen molar-refractivity contribution in [3.63, 3.8) is 0 Å². The first-order valence-corrected chi connectivity index (χ1v) is 48.8. The molecular weight excluding hydrogens is 1400 g/mol. The second-order valence-electron chi connectivity index (χ2n) is 33.4. The molecule has 0 aromatic heterocycles. The van der Waals surface area contributed by atoms with Crippen LogP contribution >= 0.6 is 15.6 Å². The van der Waals surface area contributed by atoms with Crippen LogP contribution in [0.3, 0.4) is 0 Å². The summed E-state index contributed by atoms with van der Waals surface area (Å²) in [4.78, 5) is 73.3. The van der Waals surface area contributed by atoms with E-state index in [1.54, 1.807) is 0 Å². The number of carbonyl (C=O) groups is 4. The van der Waals surface area contributed by atoms with Gasteiger partial charge in [-0.2, -0.15) is 0 Å². The molecule has 17 nitrogen and oxygen atoms in total. The van der Waals surface area contributed by atoms with Gasteiger partial charge in [0.15, 0.2) is 12.2 Å². The van der Waals surface area contributed by atoms with Crippen LogP contribution in [-0.4, -0.2) is 96.7 Å². The maximum absolute atomic E-state index is 13.2. The van der Waals surface area contributed by atoms with Gasteiger partial charge in [-0.15, -0.1) is 0 Å². The third kappa shape index (κ3) is 82.1. The van der Waals surface area contributed by atoms with Crippen LogP contribution in [0.4, 0.5) is 0 Å². The van der Waals surface area contributed by atoms with Crippen molar-refractivity contribution < 1.29 is 80.2 Å². The number of unbranched alkanes of at least 4 members (excludes halogenated alkanes) is 55. The first kappa shape index (κ1) is 106. The van der Waals surface area contributed by atoms with E-state index in [9.17, 15) is 43.2 Å². The monoisotopic (exact) mass is 1580 g/mol. The van der Waals surface area contributed by atoms with Crippen molar-refractivity contribution in [1.29, 1.82) is 0 Å². The largest absolute Gasteiger partial charge is 0.472 e. The Morgan fingerprint density at radius 1 is 0.250 bits per heavy atom. The van der Waals surface area contributed by atoms with Gasteiger partial charge >= 0.3 is 39.5 Å². The molecule has 0 saturated carbocycles. The number of esters is 4. The van der Waals surface area contributed by atoms with Crippen LogP contribution in [0.25, 0.3) is 0 Å². The fourth-order valence-corrected chi connectivity index (χ4v) is 15.5. The summed E-state index contributed by atoms with van der Waals surface area (Å²) < 4.78 is 68.9. The van der Waals surface area contributed by atoms with Gasteiger partial charge in [-0.3, -0.25) is 37.3 Å². The minimum atomic E-state index is -4.97. The second kappa shape index (κ2) is 78.9. The van der Waals surface area contributed by atoms with Crippen LogP contribution in [0.2, 0.25) is 0 Å². The van der Waals surface area contributed by atoms with Crippen LogP contribution in [0.15, 0.2) is 0 Å². The topological polar surface area (TPSA) is 237 Å². The van der Waals surface area contributed by atoms with Crippen LogP contribution in [0, 0.1) is 17.8 Å². The van der Waals surface area contributed by atoms with Gasteiger partial charge < -0.3 is 33.8 Å². The van der Waals surface area contributed by atoms with E-state index in [-0.39, 0.29) is 25.7 Å². The molecule has 19 heteroatoms. The maximum Gasteiger partial charge on any atom is 0.472 e. The van der Waals surface area contributed by atoms with Gasteiger partial charge in [0.1, 0.15) is 19.3 Å². The van der Waals surface area contributed by atoms with Crippen molar-refractivity contribution in [3.05, 3.63) is 0 Å². The Bertz CT molecular complexity index is 2080. The van der Waals surface area contributed by atoms with Gasteiger partial charge in [-0.05, 0) is 43.4 Å². The van der Waals surface area contributed by atoms with E-state index in [1.807, 2.05) is 0 Å². The maximum atomic E-state index is 13.2. The van der Waals surface area contributed by atoms with Crippen molar-refractivity contribution in [2.24, 2.45) is 17.8 Å². The molecule has 0 amide bonds. The molecule has 0 bridgehead atoms. The molecule has 0 saturated heterocycles. The van der Waals surface area contributed by atoms with Gasteiger partial charge in [0.25, 0.3) is 0 Å². The Kier molecular flexibility index (Phi) is 77.5. The van der Waals surface area contributed by atoms with Gasteiger partial charge in [-0.25, -0.2) is 9.13 Å². The first-order valence-electron chi connectivity index (χ1n) is 45.8. The molecular formula is C89H174O17P2. The smallest absolute Gasteiger partial charge is 0.462 e. The summed E-state index contributed by atoms with van der Waals surface area (Å²) in [5, 5.41) is 10.7. The standard InChI is InChI=1S/C89H174O17P2/c1-8-9-10-11-12-39-49-56-63-70-86(91)99-76-84(105-88(93)73-66-59-52-45-38-32-26-25-29-35-42-48-55-62-69-82(6)7)78-103-107(95,96)101-74-83(90)75-102-108(97,98)104-79-85(106-89(94)72-65-58-51-44-37-31-24-20-16-14-18-22-28-34-41-47-54-61-68-81(4)5)77-100-87(92)71-64-57-50-43-36-30-23-19-15-13-17-21-27-33-40-46-53-60-67-80(2)3/h80-85,90H,8-79H2,1-7H3,(H,95,96)(H,97,98)/t83-,84+,85+/m0/s1. The van der Waals surface area contributed by atoms with Crippen LogP contribution in [-0.2, 0) is 65.4 Å². The van der Waals surface area contributed by atoms with Gasteiger partial charge in [-0.1, -0.05) is 421 Å². The van der Waals surface area contributed by atoms with Gasteiger partial charge in [0.05, 0.1) is 26.4 Å². The summed E-state index contributed by atoms with van der Waals surface area (Å²) in [6.07, 6.45) is 70.9. The Balaban J connectivity index is 5.20. The predicted octanol–water partition coefficient (Wildman–Crippen LogP) is 27.3. The van der Waals surface area contributed by atoms with E-state index < -0.39 is 97.5 Å². The Morgan fingerprint density at radius 2 is 0.426 bits per heavy atom. The van der Waals surface area contributed by atoms with Crippen molar-refractivity contribution in [2.45, 2.75) is 491 Å². The van der Waals surface area contributed by atoms with E-state index in [0.29, 0.717) is 25.7 Å². The Hall–Kier alpha value is -1.94. The summed E-state index contributed by atoms with van der Waals surface area (Å²) in [6.45, 7) is 12.1. The number of carbonyl (C=O) groups excluding carboxylic acids is 4. The molecule has 0 heterocycles. The highest BCUT2D eigenvalue weighted by Crippen LogP contribution is 2.45. The van der Waals surface area contributed by atoms with E-state index in [4.69, 9.17) is 37.0 Å². The van der Waals surface area contributed by atoms with E-state index in [0.717, 1.165) is 108 Å². The summed E-state index contributed by atoms with van der Waals surface area (Å²) in [5.41, 5.74) is 0. The molecule has 108 heavy (non-hydrogen) atoms.